The highest BCUT2D eigenvalue weighted by molar-refractivity contribution is 7.10. The number of carbonyl (C=O) groups is 2. The van der Waals surface area contributed by atoms with Crippen molar-refractivity contribution >= 4 is 34.5 Å². The Balaban J connectivity index is 1.81. The number of benzene rings is 1. The van der Waals surface area contributed by atoms with Gasteiger partial charge in [-0.05, 0) is 48.6 Å². The van der Waals surface area contributed by atoms with Crippen LogP contribution in [0.15, 0.2) is 35.2 Å². The van der Waals surface area contributed by atoms with E-state index in [4.69, 9.17) is 9.47 Å². The molecule has 0 spiro atoms. The topological polar surface area (TPSA) is 79.3 Å². The first-order valence-corrected chi connectivity index (χ1v) is 11.1. The smallest absolute Gasteiger partial charge is 0.295 e. The maximum Gasteiger partial charge on any atom is 0.295 e. The predicted octanol–water partition coefficient (Wildman–Crippen LogP) is 3.34. The first-order chi connectivity index (χ1) is 14.9. The summed E-state index contributed by atoms with van der Waals surface area (Å²) in [5, 5.41) is 13.2. The first-order valence-electron chi connectivity index (χ1n) is 10.2. The van der Waals surface area contributed by atoms with Crippen LogP contribution in [0.1, 0.15) is 28.5 Å². The number of fused-ring (bicyclic) bond motifs is 1. The van der Waals surface area contributed by atoms with Crippen LogP contribution in [-0.4, -0.2) is 62.2 Å². The second kappa shape index (κ2) is 8.72. The van der Waals surface area contributed by atoms with Crippen molar-refractivity contribution in [2.75, 3.05) is 45.4 Å². The minimum absolute atomic E-state index is 0.132. The quantitative estimate of drug-likeness (QED) is 0.320. The molecule has 1 aromatic carbocycles. The molecule has 1 saturated heterocycles. The number of Topliss-reactive ketones (excluding diaryl/α,β-unsaturated/α-hetero) is 1. The summed E-state index contributed by atoms with van der Waals surface area (Å²) in [6.07, 6.45) is 0.603. The van der Waals surface area contributed by atoms with E-state index in [9.17, 15) is 14.7 Å². The highest BCUT2D eigenvalue weighted by Gasteiger charge is 2.46. The minimum atomic E-state index is -0.657. The molecule has 1 amide bonds. The van der Waals surface area contributed by atoms with Crippen LogP contribution in [0.25, 0.3) is 5.76 Å². The molecular formula is C23H26N2O5S. The number of aliphatic hydroxyl groups is 1. The fraction of sp³-hybridized carbons (Fsp3) is 0.391. The van der Waals surface area contributed by atoms with Gasteiger partial charge in [-0.25, -0.2) is 0 Å². The summed E-state index contributed by atoms with van der Waals surface area (Å²) < 4.78 is 10.8. The fourth-order valence-corrected chi connectivity index (χ4v) is 5.13. The van der Waals surface area contributed by atoms with Gasteiger partial charge in [-0.3, -0.25) is 9.59 Å². The Morgan fingerprint density at radius 3 is 2.84 bits per heavy atom. The first kappa shape index (κ1) is 21.4. The molecule has 1 unspecified atom stereocenters. The number of hydrogen-bond donors (Lipinski definition) is 1. The largest absolute Gasteiger partial charge is 0.507 e. The Morgan fingerprint density at radius 1 is 1.32 bits per heavy atom. The predicted molar refractivity (Wildman–Crippen MR) is 120 cm³/mol. The summed E-state index contributed by atoms with van der Waals surface area (Å²) in [4.78, 5) is 30.5. The lowest BCUT2D eigenvalue weighted by molar-refractivity contribution is -0.140. The number of amides is 1. The minimum Gasteiger partial charge on any atom is -0.507 e. The SMILES string of the molecule is COCCCN1C(=O)C(=O)/C(=C(\O)c2ccc3c(c2)N(C)CCO3)C1c1sccc1C. The number of ether oxygens (including phenoxy) is 2. The Hall–Kier alpha value is -2.84. The number of aryl methyl sites for hydroxylation is 1. The molecule has 1 fully saturated rings. The Bertz CT molecular complexity index is 1040. The van der Waals surface area contributed by atoms with Crippen molar-refractivity contribution in [3.8, 4) is 5.75 Å². The highest BCUT2D eigenvalue weighted by Crippen LogP contribution is 2.43. The van der Waals surface area contributed by atoms with E-state index in [2.05, 4.69) is 0 Å². The molecule has 7 nitrogen and oxygen atoms in total. The van der Waals surface area contributed by atoms with Crippen molar-refractivity contribution in [1.29, 1.82) is 0 Å². The van der Waals surface area contributed by atoms with Gasteiger partial charge in [-0.1, -0.05) is 0 Å². The van der Waals surface area contributed by atoms with Crippen molar-refractivity contribution in [3.63, 3.8) is 0 Å². The molecular weight excluding hydrogens is 416 g/mol. The highest BCUT2D eigenvalue weighted by atomic mass is 32.1. The zero-order valence-electron chi connectivity index (χ0n) is 17.9. The average molecular weight is 443 g/mol. The molecule has 31 heavy (non-hydrogen) atoms. The zero-order valence-corrected chi connectivity index (χ0v) is 18.7. The Labute approximate surface area is 185 Å². The van der Waals surface area contributed by atoms with E-state index in [-0.39, 0.29) is 11.3 Å². The monoisotopic (exact) mass is 442 g/mol. The van der Waals surface area contributed by atoms with Crippen LogP contribution in [0.5, 0.6) is 5.75 Å². The van der Waals surface area contributed by atoms with E-state index < -0.39 is 17.7 Å². The number of methoxy groups -OCH3 is 1. The molecule has 4 rings (SSSR count). The van der Waals surface area contributed by atoms with Gasteiger partial charge in [0.25, 0.3) is 11.7 Å². The molecule has 2 aromatic rings. The molecule has 2 aliphatic heterocycles. The molecule has 2 aliphatic rings. The number of ketones is 1. The molecule has 1 atom stereocenters. The van der Waals surface area contributed by atoms with Gasteiger partial charge < -0.3 is 24.4 Å². The number of hydrogen-bond acceptors (Lipinski definition) is 7. The lowest BCUT2D eigenvalue weighted by atomic mass is 9.98. The van der Waals surface area contributed by atoms with E-state index in [1.54, 1.807) is 30.2 Å². The molecule has 3 heterocycles. The Morgan fingerprint density at radius 2 is 2.13 bits per heavy atom. The number of rotatable bonds is 6. The van der Waals surface area contributed by atoms with Crippen molar-refractivity contribution in [1.82, 2.24) is 4.90 Å². The van der Waals surface area contributed by atoms with E-state index in [1.807, 2.05) is 30.3 Å². The second-order valence-electron chi connectivity index (χ2n) is 7.76. The third-order valence-corrected chi connectivity index (χ3v) is 6.84. The van der Waals surface area contributed by atoms with Crippen LogP contribution in [-0.2, 0) is 14.3 Å². The lowest BCUT2D eigenvalue weighted by Gasteiger charge is -2.28. The summed E-state index contributed by atoms with van der Waals surface area (Å²) in [5.74, 6) is -0.674. The van der Waals surface area contributed by atoms with Gasteiger partial charge in [0.2, 0.25) is 0 Å². The second-order valence-corrected chi connectivity index (χ2v) is 8.71. The molecule has 0 aliphatic carbocycles. The fourth-order valence-electron chi connectivity index (χ4n) is 4.08. The van der Waals surface area contributed by atoms with Crippen LogP contribution in [0.3, 0.4) is 0 Å². The van der Waals surface area contributed by atoms with Gasteiger partial charge >= 0.3 is 0 Å². The molecule has 8 heteroatoms. The standard InChI is InChI=1S/C23H26N2O5S/c1-14-7-12-31-22(14)19-18(21(27)23(28)25(19)8-4-10-29-3)20(26)15-5-6-17-16(13-15)24(2)9-11-30-17/h5-7,12-13,19,26H,4,8-11H2,1-3H3/b20-18-. The van der Waals surface area contributed by atoms with Gasteiger partial charge in [0.05, 0.1) is 23.8 Å². The molecule has 0 radical (unpaired) electrons. The summed E-state index contributed by atoms with van der Waals surface area (Å²) >= 11 is 1.48. The normalized spacial score (nSPS) is 20.2. The zero-order chi connectivity index (χ0) is 22.1. The van der Waals surface area contributed by atoms with E-state index in [0.29, 0.717) is 31.7 Å². The third kappa shape index (κ3) is 3.81. The number of thiophene rings is 1. The van der Waals surface area contributed by atoms with E-state index in [0.717, 1.165) is 28.4 Å². The van der Waals surface area contributed by atoms with Crippen LogP contribution in [0, 0.1) is 6.92 Å². The van der Waals surface area contributed by atoms with Crippen molar-refractivity contribution < 1.29 is 24.2 Å². The summed E-state index contributed by atoms with van der Waals surface area (Å²) in [6.45, 7) is 4.13. The van der Waals surface area contributed by atoms with Gasteiger partial charge in [0.1, 0.15) is 18.1 Å². The van der Waals surface area contributed by atoms with Gasteiger partial charge in [-0.2, -0.15) is 0 Å². The molecule has 0 bridgehead atoms. The number of likely N-dealkylation sites (N-methyl/N-ethyl adjacent to an activating group) is 1. The number of nitrogens with zero attached hydrogens (tertiary/aromatic N) is 2. The van der Waals surface area contributed by atoms with Crippen molar-refractivity contribution in [2.45, 2.75) is 19.4 Å². The third-order valence-electron chi connectivity index (χ3n) is 5.77. The average Bonchev–Trinajstić information content (AvgIpc) is 3.29. The van der Waals surface area contributed by atoms with E-state index >= 15 is 0 Å². The number of carbonyl (C=O) groups excluding carboxylic acids is 2. The summed E-state index contributed by atoms with van der Waals surface area (Å²) in [5.41, 5.74) is 2.45. The van der Waals surface area contributed by atoms with Gasteiger partial charge in [0.15, 0.2) is 0 Å². The molecule has 164 valence electrons. The Kier molecular flexibility index (Phi) is 6.02. The number of aliphatic hydroxyl groups excluding tert-OH is 1. The molecule has 1 N–H and O–H groups in total. The maximum absolute atomic E-state index is 13.1. The van der Waals surface area contributed by atoms with Gasteiger partial charge in [-0.15, -0.1) is 11.3 Å². The van der Waals surface area contributed by atoms with E-state index in [1.165, 1.54) is 11.3 Å². The van der Waals surface area contributed by atoms with Gasteiger partial charge in [0, 0.05) is 37.7 Å². The number of anilines is 1. The maximum atomic E-state index is 13.1. The molecule has 0 saturated carbocycles. The lowest BCUT2D eigenvalue weighted by Crippen LogP contribution is -2.31. The van der Waals surface area contributed by atoms with Crippen LogP contribution >= 0.6 is 11.3 Å². The summed E-state index contributed by atoms with van der Waals surface area (Å²) in [7, 11) is 3.56. The van der Waals surface area contributed by atoms with Crippen LogP contribution in [0.2, 0.25) is 0 Å². The van der Waals surface area contributed by atoms with Crippen LogP contribution < -0.4 is 9.64 Å². The number of likely N-dealkylation sites (tertiary alicyclic amines) is 1. The van der Waals surface area contributed by atoms with Crippen molar-refractivity contribution in [2.24, 2.45) is 0 Å². The van der Waals surface area contributed by atoms with Crippen molar-refractivity contribution in [3.05, 3.63) is 51.2 Å². The van der Waals surface area contributed by atoms with Crippen LogP contribution in [0.4, 0.5) is 5.69 Å². The summed E-state index contributed by atoms with van der Waals surface area (Å²) in [6, 6.07) is 6.67. The molecule has 1 aromatic heterocycles.